The van der Waals surface area contributed by atoms with Gasteiger partial charge in [0.2, 0.25) is 11.3 Å². The average molecular weight is 671 g/mol. The third-order valence-corrected chi connectivity index (χ3v) is 8.20. The summed E-state index contributed by atoms with van der Waals surface area (Å²) < 4.78 is 55.8. The Morgan fingerprint density at radius 1 is 0.959 bits per heavy atom. The van der Waals surface area contributed by atoms with Crippen molar-refractivity contribution in [1.29, 1.82) is 5.41 Å². The lowest BCUT2D eigenvalue weighted by molar-refractivity contribution is -0.118. The molecule has 6 rings (SSSR count). The summed E-state index contributed by atoms with van der Waals surface area (Å²) in [4.78, 5) is 36.9. The number of anilines is 3. The molecule has 3 heterocycles. The standard InChI is InChI=1S/C36H33F3N6O4/c1-19(2)36(47)44-26-12-9-22(17-25(26)39)31(40)30-34(41-18-42-35(30)45-13-15-48-16-14-45)43-20(3)33-28(21-7-10-23(37)11-8-21)32(46)29-24(38)5-4-6-27(29)49-33/h4-12,17-20,40H,13-16H2,1-3H3,(H,44,47)(H,41,42,43). The van der Waals surface area contributed by atoms with Gasteiger partial charge in [-0.15, -0.1) is 0 Å². The van der Waals surface area contributed by atoms with Gasteiger partial charge in [0.05, 0.1) is 41.8 Å². The predicted octanol–water partition coefficient (Wildman–Crippen LogP) is 6.69. The molecule has 0 spiro atoms. The molecule has 1 amide bonds. The van der Waals surface area contributed by atoms with Gasteiger partial charge in [0.25, 0.3) is 0 Å². The first-order valence-electron chi connectivity index (χ1n) is 15.7. The SMILES string of the molecule is CC(C)C(=O)Nc1ccc(C(=N)c2c(NC(C)c3oc4cccc(F)c4c(=O)c3-c3ccc(F)cc3)ncnc2N2CCOCC2)cc1F. The molecule has 3 aromatic carbocycles. The van der Waals surface area contributed by atoms with Crippen LogP contribution in [0.15, 0.2) is 76.2 Å². The maximum Gasteiger partial charge on any atom is 0.227 e. The van der Waals surface area contributed by atoms with Gasteiger partial charge in [-0.25, -0.2) is 23.1 Å². The van der Waals surface area contributed by atoms with Gasteiger partial charge in [0, 0.05) is 24.6 Å². The van der Waals surface area contributed by atoms with Crippen LogP contribution in [0.25, 0.3) is 22.1 Å². The van der Waals surface area contributed by atoms with E-state index in [4.69, 9.17) is 9.15 Å². The zero-order chi connectivity index (χ0) is 34.8. The molecule has 1 aliphatic heterocycles. The largest absolute Gasteiger partial charge is 0.458 e. The summed E-state index contributed by atoms with van der Waals surface area (Å²) in [7, 11) is 0. The van der Waals surface area contributed by atoms with Gasteiger partial charge in [-0.05, 0) is 48.9 Å². The smallest absolute Gasteiger partial charge is 0.227 e. The van der Waals surface area contributed by atoms with E-state index in [1.165, 1.54) is 54.9 Å². The molecule has 49 heavy (non-hydrogen) atoms. The van der Waals surface area contributed by atoms with Crippen molar-refractivity contribution in [2.45, 2.75) is 26.8 Å². The minimum absolute atomic E-state index is 0.0176. The monoisotopic (exact) mass is 670 g/mol. The molecule has 0 radical (unpaired) electrons. The number of amides is 1. The molecule has 0 aliphatic carbocycles. The van der Waals surface area contributed by atoms with Crippen LogP contribution < -0.4 is 21.0 Å². The van der Waals surface area contributed by atoms with Gasteiger partial charge in [0.1, 0.15) is 52.1 Å². The first kappa shape index (κ1) is 33.3. The maximum absolute atomic E-state index is 15.3. The third-order valence-electron chi connectivity index (χ3n) is 8.20. The van der Waals surface area contributed by atoms with Crippen molar-refractivity contribution < 1.29 is 27.1 Å². The fraction of sp³-hybridized carbons (Fsp3) is 0.250. The van der Waals surface area contributed by atoms with Gasteiger partial charge in [-0.1, -0.05) is 38.1 Å². The molecule has 0 saturated carbocycles. The second-order valence-electron chi connectivity index (χ2n) is 11.9. The van der Waals surface area contributed by atoms with Crippen LogP contribution in [-0.4, -0.2) is 47.9 Å². The van der Waals surface area contributed by atoms with Crippen molar-refractivity contribution in [1.82, 2.24) is 9.97 Å². The highest BCUT2D eigenvalue weighted by Gasteiger charge is 2.28. The molecule has 5 aromatic rings. The summed E-state index contributed by atoms with van der Waals surface area (Å²) in [6.07, 6.45) is 1.33. The van der Waals surface area contributed by atoms with Crippen molar-refractivity contribution in [3.05, 3.63) is 112 Å². The number of nitrogens with one attached hydrogen (secondary N) is 3. The number of aromatic nitrogens is 2. The van der Waals surface area contributed by atoms with E-state index >= 15 is 4.39 Å². The van der Waals surface area contributed by atoms with E-state index in [1.807, 2.05) is 4.90 Å². The molecule has 3 N–H and O–H groups in total. The molecule has 1 unspecified atom stereocenters. The van der Waals surface area contributed by atoms with Crippen molar-refractivity contribution in [3.8, 4) is 11.1 Å². The Balaban J connectivity index is 1.46. The van der Waals surface area contributed by atoms with Crippen LogP contribution in [0.4, 0.5) is 30.5 Å². The van der Waals surface area contributed by atoms with Crippen LogP contribution in [0, 0.1) is 28.8 Å². The zero-order valence-corrected chi connectivity index (χ0v) is 26.9. The van der Waals surface area contributed by atoms with Gasteiger partial charge < -0.3 is 24.7 Å². The Kier molecular flexibility index (Phi) is 9.45. The Morgan fingerprint density at radius 3 is 2.39 bits per heavy atom. The molecular weight excluding hydrogens is 637 g/mol. The van der Waals surface area contributed by atoms with E-state index in [1.54, 1.807) is 20.8 Å². The lowest BCUT2D eigenvalue weighted by atomic mass is 9.98. The number of halogens is 3. The third kappa shape index (κ3) is 6.74. The fourth-order valence-corrected chi connectivity index (χ4v) is 5.61. The second-order valence-corrected chi connectivity index (χ2v) is 11.9. The number of benzene rings is 3. The lowest BCUT2D eigenvalue weighted by Gasteiger charge is -2.30. The van der Waals surface area contributed by atoms with Gasteiger partial charge in [-0.3, -0.25) is 15.0 Å². The first-order valence-corrected chi connectivity index (χ1v) is 15.7. The van der Waals surface area contributed by atoms with E-state index in [9.17, 15) is 23.8 Å². The van der Waals surface area contributed by atoms with Crippen molar-refractivity contribution in [3.63, 3.8) is 0 Å². The highest BCUT2D eigenvalue weighted by molar-refractivity contribution is 6.16. The van der Waals surface area contributed by atoms with E-state index in [2.05, 4.69) is 20.6 Å². The number of nitrogens with zero attached hydrogens (tertiary/aromatic N) is 3. The van der Waals surface area contributed by atoms with Crippen LogP contribution in [0.5, 0.6) is 0 Å². The van der Waals surface area contributed by atoms with Crippen molar-refractivity contribution >= 4 is 39.9 Å². The topological polar surface area (TPSA) is 133 Å². The number of hydrogen-bond acceptors (Lipinski definition) is 9. The number of hydrogen-bond donors (Lipinski definition) is 3. The van der Waals surface area contributed by atoms with Crippen LogP contribution in [0.2, 0.25) is 0 Å². The zero-order valence-electron chi connectivity index (χ0n) is 26.9. The molecule has 1 aliphatic rings. The molecule has 10 nitrogen and oxygen atoms in total. The van der Waals surface area contributed by atoms with Gasteiger partial charge in [0.15, 0.2) is 0 Å². The number of fused-ring (bicyclic) bond motifs is 1. The van der Waals surface area contributed by atoms with Crippen molar-refractivity contribution in [2.75, 3.05) is 41.8 Å². The quantitative estimate of drug-likeness (QED) is 0.148. The summed E-state index contributed by atoms with van der Waals surface area (Å²) in [5.74, 6) is -2.01. The highest BCUT2D eigenvalue weighted by Crippen LogP contribution is 2.34. The Morgan fingerprint density at radius 2 is 1.69 bits per heavy atom. The number of ether oxygens (including phenoxy) is 1. The summed E-state index contributed by atoms with van der Waals surface area (Å²) in [5, 5.41) is 14.8. The lowest BCUT2D eigenvalue weighted by Crippen LogP contribution is -2.38. The second kappa shape index (κ2) is 13.9. The summed E-state index contributed by atoms with van der Waals surface area (Å²) in [5.41, 5.74) is 0.0244. The average Bonchev–Trinajstić information content (AvgIpc) is 3.09. The molecule has 1 fully saturated rings. The Labute approximate surface area is 279 Å². The molecule has 2 aromatic heterocycles. The minimum Gasteiger partial charge on any atom is -0.458 e. The van der Waals surface area contributed by atoms with E-state index in [0.717, 1.165) is 12.1 Å². The molecular formula is C36H33F3N6O4. The van der Waals surface area contributed by atoms with Crippen LogP contribution in [0.3, 0.4) is 0 Å². The Hall–Kier alpha value is -5.56. The minimum atomic E-state index is -0.815. The number of carbonyl (C=O) groups is 1. The maximum atomic E-state index is 15.3. The Bertz CT molecular complexity index is 2110. The van der Waals surface area contributed by atoms with Crippen LogP contribution >= 0.6 is 0 Å². The van der Waals surface area contributed by atoms with Crippen molar-refractivity contribution in [2.24, 2.45) is 5.92 Å². The van der Waals surface area contributed by atoms with Crippen LogP contribution in [0.1, 0.15) is 43.7 Å². The molecule has 0 bridgehead atoms. The van der Waals surface area contributed by atoms with E-state index in [-0.39, 0.29) is 62.5 Å². The summed E-state index contributed by atoms with van der Waals surface area (Å²) in [6.45, 7) is 6.88. The number of morpholine rings is 1. The molecule has 1 saturated heterocycles. The van der Waals surface area contributed by atoms with E-state index < -0.39 is 28.9 Å². The van der Waals surface area contributed by atoms with E-state index in [0.29, 0.717) is 37.7 Å². The van der Waals surface area contributed by atoms with Gasteiger partial charge in [-0.2, -0.15) is 0 Å². The summed E-state index contributed by atoms with van der Waals surface area (Å²) >= 11 is 0. The molecule has 252 valence electrons. The number of carbonyl (C=O) groups excluding carboxylic acids is 1. The predicted molar refractivity (Wildman–Crippen MR) is 181 cm³/mol. The number of rotatable bonds is 9. The summed E-state index contributed by atoms with van der Waals surface area (Å²) in [6, 6.07) is 12.5. The highest BCUT2D eigenvalue weighted by atomic mass is 19.1. The first-order chi connectivity index (χ1) is 23.5. The van der Waals surface area contributed by atoms with Gasteiger partial charge >= 0.3 is 0 Å². The molecule has 13 heteroatoms. The van der Waals surface area contributed by atoms with Crippen LogP contribution in [-0.2, 0) is 9.53 Å². The molecule has 1 atom stereocenters. The normalized spacial score (nSPS) is 13.8. The fourth-order valence-electron chi connectivity index (χ4n) is 5.61.